The van der Waals surface area contributed by atoms with Crippen LogP contribution in [0.1, 0.15) is 12.5 Å². The summed E-state index contributed by atoms with van der Waals surface area (Å²) in [5, 5.41) is 16.0. The maximum atomic E-state index is 10.9. The van der Waals surface area contributed by atoms with Gasteiger partial charge >= 0.3 is 0 Å². The van der Waals surface area contributed by atoms with Crippen LogP contribution < -0.4 is 4.74 Å². The maximum absolute atomic E-state index is 10.9. The maximum Gasteiger partial charge on any atom is 0.270 e. The fourth-order valence-corrected chi connectivity index (χ4v) is 2.75. The fraction of sp³-hybridized carbons (Fsp3) is 0.278. The smallest absolute Gasteiger partial charge is 0.270 e. The van der Waals surface area contributed by atoms with Crippen molar-refractivity contribution in [3.63, 3.8) is 0 Å². The zero-order valence-electron chi connectivity index (χ0n) is 14.3. The van der Waals surface area contributed by atoms with E-state index in [-0.39, 0.29) is 5.69 Å². The van der Waals surface area contributed by atoms with Crippen molar-refractivity contribution >= 4 is 16.6 Å². The van der Waals surface area contributed by atoms with Gasteiger partial charge in [0.25, 0.3) is 5.69 Å². The normalized spacial score (nSPS) is 11.2. The van der Waals surface area contributed by atoms with Crippen molar-refractivity contribution in [3.05, 3.63) is 64.3 Å². The predicted molar refractivity (Wildman–Crippen MR) is 95.5 cm³/mol. The number of fused-ring (bicyclic) bond motifs is 1. The van der Waals surface area contributed by atoms with Crippen molar-refractivity contribution in [1.29, 1.82) is 0 Å². The zero-order valence-corrected chi connectivity index (χ0v) is 14.3. The number of rotatable bonds is 7. The Kier molecular flexibility index (Phi) is 4.95. The molecule has 3 rings (SSSR count). The van der Waals surface area contributed by atoms with Crippen molar-refractivity contribution in [2.45, 2.75) is 20.1 Å². The highest BCUT2D eigenvalue weighted by Crippen LogP contribution is 2.21. The van der Waals surface area contributed by atoms with Crippen molar-refractivity contribution in [2.75, 3.05) is 13.7 Å². The number of hydrogen-bond donors (Lipinski definition) is 0. The van der Waals surface area contributed by atoms with E-state index in [9.17, 15) is 10.1 Å². The molecule has 0 atom stereocenters. The molecule has 0 saturated heterocycles. The summed E-state index contributed by atoms with van der Waals surface area (Å²) in [6.45, 7) is 3.98. The second-order valence-electron chi connectivity index (χ2n) is 5.88. The molecule has 0 aliphatic rings. The van der Waals surface area contributed by atoms with Gasteiger partial charge in [0.05, 0.1) is 29.9 Å². The second kappa shape index (κ2) is 7.31. The van der Waals surface area contributed by atoms with Crippen molar-refractivity contribution in [3.8, 4) is 5.75 Å². The Labute approximate surface area is 145 Å². The summed E-state index contributed by atoms with van der Waals surface area (Å²) in [6.07, 6.45) is 1.66. The molecule has 1 aromatic heterocycles. The van der Waals surface area contributed by atoms with Gasteiger partial charge in [0, 0.05) is 24.1 Å². The predicted octanol–water partition coefficient (Wildman–Crippen LogP) is 3.43. The standard InChI is InChI=1S/C18H20N4O3/c1-3-25-17-7-4-14(5-8-17)12-20(2)13-21-18-9-6-16(22(23)24)10-15(18)11-19-21/h4-11H,3,12-13H2,1-2H3. The molecule has 7 nitrogen and oxygen atoms in total. The lowest BCUT2D eigenvalue weighted by Crippen LogP contribution is -2.22. The van der Waals surface area contributed by atoms with Gasteiger partial charge in [0.15, 0.2) is 0 Å². The molecule has 0 bridgehead atoms. The minimum absolute atomic E-state index is 0.0785. The quantitative estimate of drug-likeness (QED) is 0.487. The average molecular weight is 340 g/mol. The first-order valence-electron chi connectivity index (χ1n) is 8.07. The molecule has 0 aliphatic carbocycles. The van der Waals surface area contributed by atoms with Gasteiger partial charge in [0.2, 0.25) is 0 Å². The molecule has 0 fully saturated rings. The molecular formula is C18H20N4O3. The molecule has 0 saturated carbocycles. The molecule has 0 spiro atoms. The lowest BCUT2D eigenvalue weighted by molar-refractivity contribution is -0.384. The third-order valence-electron chi connectivity index (χ3n) is 3.90. The first-order valence-corrected chi connectivity index (χ1v) is 8.07. The first kappa shape index (κ1) is 16.9. The Bertz CT molecular complexity index is 874. The molecule has 25 heavy (non-hydrogen) atoms. The van der Waals surface area contributed by atoms with Crippen molar-refractivity contribution in [2.24, 2.45) is 0 Å². The summed E-state index contributed by atoms with van der Waals surface area (Å²) in [7, 11) is 2.01. The van der Waals surface area contributed by atoms with Crippen LogP contribution in [-0.4, -0.2) is 33.3 Å². The van der Waals surface area contributed by atoms with E-state index in [1.165, 1.54) is 11.6 Å². The van der Waals surface area contributed by atoms with Crippen LogP contribution in [0.15, 0.2) is 48.7 Å². The number of non-ortho nitro benzene ring substituents is 1. The van der Waals surface area contributed by atoms with Gasteiger partial charge in [-0.1, -0.05) is 12.1 Å². The van der Waals surface area contributed by atoms with Crippen LogP contribution in [0.25, 0.3) is 10.9 Å². The van der Waals surface area contributed by atoms with Crippen LogP contribution in [0.2, 0.25) is 0 Å². The van der Waals surface area contributed by atoms with E-state index >= 15 is 0 Å². The Balaban J connectivity index is 1.69. The van der Waals surface area contributed by atoms with Crippen LogP contribution in [0.4, 0.5) is 5.69 Å². The highest BCUT2D eigenvalue weighted by atomic mass is 16.6. The summed E-state index contributed by atoms with van der Waals surface area (Å²) in [5.41, 5.74) is 2.14. The lowest BCUT2D eigenvalue weighted by Gasteiger charge is -2.17. The summed E-state index contributed by atoms with van der Waals surface area (Å²) >= 11 is 0. The summed E-state index contributed by atoms with van der Waals surface area (Å²) in [6, 6.07) is 12.8. The van der Waals surface area contributed by atoms with Crippen LogP contribution in [0, 0.1) is 10.1 Å². The van der Waals surface area contributed by atoms with Crippen LogP contribution in [0.3, 0.4) is 0 Å². The highest BCUT2D eigenvalue weighted by molar-refractivity contribution is 5.81. The molecule has 0 amide bonds. The lowest BCUT2D eigenvalue weighted by atomic mass is 10.2. The fourth-order valence-electron chi connectivity index (χ4n) is 2.75. The van der Waals surface area contributed by atoms with Gasteiger partial charge in [-0.05, 0) is 37.7 Å². The molecule has 130 valence electrons. The van der Waals surface area contributed by atoms with Gasteiger partial charge in [-0.15, -0.1) is 0 Å². The van der Waals surface area contributed by atoms with Gasteiger partial charge in [-0.25, -0.2) is 0 Å². The number of hydrogen-bond acceptors (Lipinski definition) is 5. The Hall–Kier alpha value is -2.93. The summed E-state index contributed by atoms with van der Waals surface area (Å²) < 4.78 is 7.29. The van der Waals surface area contributed by atoms with E-state index < -0.39 is 4.92 Å². The van der Waals surface area contributed by atoms with Gasteiger partial charge < -0.3 is 4.74 Å². The number of benzene rings is 2. The average Bonchev–Trinajstić information content (AvgIpc) is 2.99. The van der Waals surface area contributed by atoms with E-state index in [0.717, 1.165) is 23.2 Å². The van der Waals surface area contributed by atoms with E-state index in [1.54, 1.807) is 18.3 Å². The Morgan fingerprint density at radius 1 is 1.24 bits per heavy atom. The highest BCUT2D eigenvalue weighted by Gasteiger charge is 2.11. The SMILES string of the molecule is CCOc1ccc(CN(C)Cn2ncc3cc([N+](=O)[O-])ccc32)cc1. The number of aromatic nitrogens is 2. The van der Waals surface area contributed by atoms with Gasteiger partial charge in [-0.3, -0.25) is 19.7 Å². The molecule has 3 aromatic rings. The largest absolute Gasteiger partial charge is 0.494 e. The van der Waals surface area contributed by atoms with E-state index in [2.05, 4.69) is 10.00 Å². The van der Waals surface area contributed by atoms with Gasteiger partial charge in [0.1, 0.15) is 5.75 Å². The monoisotopic (exact) mass is 340 g/mol. The number of ether oxygens (including phenoxy) is 1. The molecule has 1 heterocycles. The Morgan fingerprint density at radius 3 is 2.68 bits per heavy atom. The van der Waals surface area contributed by atoms with E-state index in [1.807, 2.05) is 42.9 Å². The molecule has 2 aromatic carbocycles. The third kappa shape index (κ3) is 3.95. The molecule has 0 radical (unpaired) electrons. The Morgan fingerprint density at radius 2 is 2.00 bits per heavy atom. The molecule has 0 N–H and O–H groups in total. The van der Waals surface area contributed by atoms with Crippen LogP contribution in [-0.2, 0) is 13.2 Å². The van der Waals surface area contributed by atoms with Gasteiger partial charge in [-0.2, -0.15) is 5.10 Å². The van der Waals surface area contributed by atoms with Crippen LogP contribution >= 0.6 is 0 Å². The van der Waals surface area contributed by atoms with Crippen molar-refractivity contribution < 1.29 is 9.66 Å². The topological polar surface area (TPSA) is 73.4 Å². The van der Waals surface area contributed by atoms with Crippen molar-refractivity contribution in [1.82, 2.24) is 14.7 Å². The molecule has 7 heteroatoms. The third-order valence-corrected chi connectivity index (χ3v) is 3.90. The summed E-state index contributed by atoms with van der Waals surface area (Å²) in [4.78, 5) is 12.6. The molecule has 0 aliphatic heterocycles. The van der Waals surface area contributed by atoms with E-state index in [0.29, 0.717) is 13.3 Å². The van der Waals surface area contributed by atoms with E-state index in [4.69, 9.17) is 4.74 Å². The number of nitro benzene ring substituents is 1. The number of nitrogens with zero attached hydrogens (tertiary/aromatic N) is 4. The molecule has 0 unspecified atom stereocenters. The minimum Gasteiger partial charge on any atom is -0.494 e. The molecular weight excluding hydrogens is 320 g/mol. The van der Waals surface area contributed by atoms with Crippen LogP contribution in [0.5, 0.6) is 5.75 Å². The minimum atomic E-state index is -0.394. The summed E-state index contributed by atoms with van der Waals surface area (Å²) in [5.74, 6) is 0.869. The number of nitro groups is 1. The first-order chi connectivity index (χ1) is 12.1. The zero-order chi connectivity index (χ0) is 17.8. The second-order valence-corrected chi connectivity index (χ2v) is 5.88.